The Labute approximate surface area is 170 Å². The lowest BCUT2D eigenvalue weighted by Crippen LogP contribution is -2.41. The van der Waals surface area contributed by atoms with E-state index >= 15 is 0 Å². The fourth-order valence-corrected chi connectivity index (χ4v) is 3.65. The second kappa shape index (κ2) is 8.88. The van der Waals surface area contributed by atoms with Gasteiger partial charge in [-0.3, -0.25) is 4.79 Å². The van der Waals surface area contributed by atoms with Gasteiger partial charge in [0.15, 0.2) is 5.69 Å². The van der Waals surface area contributed by atoms with Crippen LogP contribution in [0.4, 0.5) is 18.9 Å². The lowest BCUT2D eigenvalue weighted by molar-refractivity contribution is -0.274. The van der Waals surface area contributed by atoms with Gasteiger partial charge in [0.1, 0.15) is 5.75 Å². The van der Waals surface area contributed by atoms with E-state index in [2.05, 4.69) is 15.0 Å². The van der Waals surface area contributed by atoms with Crippen LogP contribution >= 0.6 is 0 Å². The number of carbonyl (C=O) groups excluding carboxylic acids is 1. The Hall–Kier alpha value is -2.86. The van der Waals surface area contributed by atoms with Crippen LogP contribution in [-0.4, -0.2) is 43.4 Å². The number of aliphatic hydroxyl groups excluding tert-OH is 1. The number of nitrogens with zero attached hydrogens (tertiary/aromatic N) is 1. The molecule has 2 aromatic rings. The maximum atomic E-state index is 12.7. The molecule has 4 N–H and O–H groups in total. The third-order valence-electron chi connectivity index (χ3n) is 4.10. The van der Waals surface area contributed by atoms with Crippen molar-refractivity contribution in [1.82, 2.24) is 10.3 Å². The number of nitrogens with one attached hydrogen (secondary N) is 1. The Morgan fingerprint density at radius 1 is 1.23 bits per heavy atom. The summed E-state index contributed by atoms with van der Waals surface area (Å²) in [5.41, 5.74) is 5.35. The number of nitrogen functional groups attached to an aromatic ring is 1. The van der Waals surface area contributed by atoms with Crippen LogP contribution in [0.3, 0.4) is 0 Å². The lowest BCUT2D eigenvalue weighted by Gasteiger charge is -2.20. The minimum atomic E-state index is -4.90. The molecule has 1 atom stereocenters. The zero-order chi connectivity index (χ0) is 22.7. The van der Waals surface area contributed by atoms with Gasteiger partial charge in [-0.15, -0.1) is 13.2 Å². The highest BCUT2D eigenvalue weighted by atomic mass is 32.2. The van der Waals surface area contributed by atoms with Gasteiger partial charge < -0.3 is 20.9 Å². The number of sulfone groups is 1. The molecule has 0 aliphatic carbocycles. The zero-order valence-corrected chi connectivity index (χ0v) is 16.8. The molecule has 2 rings (SSSR count). The maximum absolute atomic E-state index is 12.7. The van der Waals surface area contributed by atoms with Gasteiger partial charge in [0.05, 0.1) is 28.1 Å². The minimum absolute atomic E-state index is 0.0656. The number of rotatable bonds is 7. The monoisotopic (exact) mass is 447 g/mol. The molecular weight excluding hydrogens is 427 g/mol. The molecule has 1 heterocycles. The summed E-state index contributed by atoms with van der Waals surface area (Å²) in [4.78, 5) is 15.5. The second-order valence-corrected chi connectivity index (χ2v) is 8.59. The van der Waals surface area contributed by atoms with E-state index in [-0.39, 0.29) is 33.7 Å². The van der Waals surface area contributed by atoms with Crippen LogP contribution < -0.4 is 15.8 Å². The van der Waals surface area contributed by atoms with Crippen molar-refractivity contribution in [3.05, 3.63) is 42.2 Å². The number of hydrogen-bond donors (Lipinski definition) is 3. The number of amides is 1. The quantitative estimate of drug-likeness (QED) is 0.593. The van der Waals surface area contributed by atoms with Crippen LogP contribution in [0, 0.1) is 5.92 Å². The predicted molar refractivity (Wildman–Crippen MR) is 100 cm³/mol. The van der Waals surface area contributed by atoms with Crippen LogP contribution in [0.2, 0.25) is 0 Å². The van der Waals surface area contributed by atoms with Gasteiger partial charge in [-0.05, 0) is 36.2 Å². The molecule has 1 amide bonds. The molecule has 0 fully saturated rings. The van der Waals surface area contributed by atoms with Gasteiger partial charge in [-0.2, -0.15) is 0 Å². The summed E-state index contributed by atoms with van der Waals surface area (Å²) in [7, 11) is -4.16. The van der Waals surface area contributed by atoms with Crippen molar-refractivity contribution in [2.24, 2.45) is 5.92 Å². The van der Waals surface area contributed by atoms with E-state index in [1.54, 1.807) is 13.8 Å². The van der Waals surface area contributed by atoms with E-state index in [1.807, 2.05) is 0 Å². The Morgan fingerprint density at radius 2 is 1.83 bits per heavy atom. The molecule has 0 spiro atoms. The van der Waals surface area contributed by atoms with Crippen molar-refractivity contribution in [2.45, 2.75) is 36.0 Å². The number of pyridine rings is 1. The summed E-state index contributed by atoms with van der Waals surface area (Å²) < 4.78 is 65.7. The van der Waals surface area contributed by atoms with E-state index in [4.69, 9.17) is 5.73 Å². The highest BCUT2D eigenvalue weighted by molar-refractivity contribution is 7.91. The molecule has 0 bridgehead atoms. The summed E-state index contributed by atoms with van der Waals surface area (Å²) in [5, 5.41) is 11.9. The number of carbonyl (C=O) groups is 1. The van der Waals surface area contributed by atoms with Crippen molar-refractivity contribution >= 4 is 21.4 Å². The number of nitrogens with two attached hydrogens (primary N) is 1. The van der Waals surface area contributed by atoms with Gasteiger partial charge >= 0.3 is 6.36 Å². The summed E-state index contributed by atoms with van der Waals surface area (Å²) in [6, 6.07) is 4.10. The smallest absolute Gasteiger partial charge is 0.406 e. The van der Waals surface area contributed by atoms with Crippen molar-refractivity contribution in [1.29, 1.82) is 0 Å². The first-order chi connectivity index (χ1) is 13.8. The van der Waals surface area contributed by atoms with Crippen molar-refractivity contribution in [2.75, 3.05) is 12.3 Å². The zero-order valence-electron chi connectivity index (χ0n) is 16.0. The number of anilines is 1. The maximum Gasteiger partial charge on any atom is 0.573 e. The van der Waals surface area contributed by atoms with Crippen LogP contribution in [0.15, 0.2) is 46.3 Å². The molecule has 0 saturated carbocycles. The van der Waals surface area contributed by atoms with Crippen LogP contribution in [0.1, 0.15) is 24.3 Å². The first kappa shape index (κ1) is 23.4. The molecule has 0 saturated heterocycles. The summed E-state index contributed by atoms with van der Waals surface area (Å²) in [6.07, 6.45) is -3.98. The number of halogens is 3. The number of hydrogen-bond acceptors (Lipinski definition) is 7. The van der Waals surface area contributed by atoms with Gasteiger partial charge in [-0.25, -0.2) is 13.4 Å². The van der Waals surface area contributed by atoms with E-state index in [0.717, 1.165) is 36.5 Å². The van der Waals surface area contributed by atoms with E-state index in [1.165, 1.54) is 0 Å². The highest BCUT2D eigenvalue weighted by Crippen LogP contribution is 2.27. The topological polar surface area (TPSA) is 132 Å². The molecule has 164 valence electrons. The van der Waals surface area contributed by atoms with Crippen molar-refractivity contribution < 1.29 is 36.2 Å². The van der Waals surface area contributed by atoms with Gasteiger partial charge in [0.25, 0.3) is 5.91 Å². The first-order valence-electron chi connectivity index (χ1n) is 8.63. The van der Waals surface area contributed by atoms with Crippen LogP contribution in [-0.2, 0) is 9.84 Å². The normalized spacial score (nSPS) is 13.2. The number of aromatic nitrogens is 1. The summed E-state index contributed by atoms with van der Waals surface area (Å²) in [5.74, 6) is -1.32. The third-order valence-corrected chi connectivity index (χ3v) is 5.84. The van der Waals surface area contributed by atoms with E-state index in [0.29, 0.717) is 0 Å². The van der Waals surface area contributed by atoms with Crippen molar-refractivity contribution in [3.63, 3.8) is 0 Å². The Balaban J connectivity index is 2.27. The average Bonchev–Trinajstić information content (AvgIpc) is 2.64. The SMILES string of the molecule is CC(C)[C@@H](CO)NC(=O)c1ncc(S(=O)(=O)c2ccc(OC(F)(F)F)cc2)cc1N. The predicted octanol–water partition coefficient (Wildman–Crippen LogP) is 2.14. The number of ether oxygens (including phenoxy) is 1. The van der Waals surface area contributed by atoms with Crippen LogP contribution in [0.5, 0.6) is 5.75 Å². The number of alkyl halides is 3. The Kier molecular flexibility index (Phi) is 6.93. The molecular formula is C18H20F3N3O5S. The van der Waals surface area contributed by atoms with Gasteiger partial charge in [-0.1, -0.05) is 13.8 Å². The summed E-state index contributed by atoms with van der Waals surface area (Å²) >= 11 is 0. The highest BCUT2D eigenvalue weighted by Gasteiger charge is 2.31. The van der Waals surface area contributed by atoms with E-state index in [9.17, 15) is 31.5 Å². The fourth-order valence-electron chi connectivity index (χ4n) is 2.41. The van der Waals surface area contributed by atoms with Gasteiger partial charge in [0.2, 0.25) is 9.84 Å². The fraction of sp³-hybridized carbons (Fsp3) is 0.333. The molecule has 1 aromatic carbocycles. The molecule has 1 aromatic heterocycles. The average molecular weight is 447 g/mol. The number of benzene rings is 1. The number of aliphatic hydroxyl groups is 1. The third kappa shape index (κ3) is 5.60. The molecule has 0 unspecified atom stereocenters. The Bertz CT molecular complexity index is 1010. The van der Waals surface area contributed by atoms with E-state index < -0.39 is 33.9 Å². The molecule has 0 aliphatic heterocycles. The molecule has 0 aliphatic rings. The van der Waals surface area contributed by atoms with Crippen LogP contribution in [0.25, 0.3) is 0 Å². The van der Waals surface area contributed by atoms with Crippen molar-refractivity contribution in [3.8, 4) is 5.75 Å². The lowest BCUT2D eigenvalue weighted by atomic mass is 10.1. The second-order valence-electron chi connectivity index (χ2n) is 6.64. The standard InChI is InChI=1S/C18H20F3N3O5S/c1-10(2)15(9-25)24-17(26)16-14(22)7-13(8-23-16)30(27,28)12-5-3-11(4-6-12)29-18(19,20)21/h3-8,10,15,25H,9,22H2,1-2H3,(H,24,26)/t15-/m1/s1. The molecule has 30 heavy (non-hydrogen) atoms. The molecule has 12 heteroatoms. The first-order valence-corrected chi connectivity index (χ1v) is 10.1. The largest absolute Gasteiger partial charge is 0.573 e. The van der Waals surface area contributed by atoms with Gasteiger partial charge in [0, 0.05) is 6.20 Å². The molecule has 8 nitrogen and oxygen atoms in total. The minimum Gasteiger partial charge on any atom is -0.406 e. The summed E-state index contributed by atoms with van der Waals surface area (Å²) in [6.45, 7) is 3.28. The molecule has 0 radical (unpaired) electrons. The Morgan fingerprint density at radius 3 is 2.30 bits per heavy atom.